The molecule has 0 bridgehead atoms. The molecule has 146 valence electrons. The Kier molecular flexibility index (Phi) is 6.19. The SMILES string of the molecule is CCc1ccc(N=C2S[C@@H](CC(=O)Nc3ccc(C)c(C)c3)C(=O)N2C)cc1. The van der Waals surface area contributed by atoms with E-state index in [1.807, 2.05) is 56.3 Å². The summed E-state index contributed by atoms with van der Waals surface area (Å²) >= 11 is 1.34. The Labute approximate surface area is 170 Å². The second-order valence-corrected chi connectivity index (χ2v) is 8.14. The van der Waals surface area contributed by atoms with Crippen LogP contribution in [0.5, 0.6) is 0 Å². The molecule has 0 saturated carbocycles. The molecule has 2 aromatic carbocycles. The Morgan fingerprint density at radius 3 is 2.50 bits per heavy atom. The van der Waals surface area contributed by atoms with Crippen LogP contribution in [0.1, 0.15) is 30.0 Å². The predicted octanol–water partition coefficient (Wildman–Crippen LogP) is 4.46. The van der Waals surface area contributed by atoms with Crippen LogP contribution in [-0.4, -0.2) is 34.2 Å². The fraction of sp³-hybridized carbons (Fsp3) is 0.318. The first-order valence-corrected chi connectivity index (χ1v) is 10.2. The zero-order valence-corrected chi connectivity index (χ0v) is 17.5. The molecule has 0 radical (unpaired) electrons. The van der Waals surface area contributed by atoms with Crippen molar-refractivity contribution in [3.05, 3.63) is 59.2 Å². The number of hydrogen-bond acceptors (Lipinski definition) is 4. The molecule has 1 heterocycles. The van der Waals surface area contributed by atoms with Gasteiger partial charge in [0.25, 0.3) is 0 Å². The zero-order valence-electron chi connectivity index (χ0n) is 16.7. The first-order chi connectivity index (χ1) is 13.4. The van der Waals surface area contributed by atoms with Crippen molar-refractivity contribution >= 4 is 40.1 Å². The monoisotopic (exact) mass is 395 g/mol. The molecule has 1 fully saturated rings. The number of nitrogens with one attached hydrogen (secondary N) is 1. The Morgan fingerprint density at radius 1 is 1.14 bits per heavy atom. The highest BCUT2D eigenvalue weighted by atomic mass is 32.2. The van der Waals surface area contributed by atoms with Gasteiger partial charge < -0.3 is 5.32 Å². The van der Waals surface area contributed by atoms with Gasteiger partial charge in [0, 0.05) is 19.2 Å². The Bertz CT molecular complexity index is 922. The maximum absolute atomic E-state index is 12.5. The maximum Gasteiger partial charge on any atom is 0.242 e. The number of rotatable bonds is 5. The van der Waals surface area contributed by atoms with E-state index in [1.54, 1.807) is 7.05 Å². The van der Waals surface area contributed by atoms with Crippen LogP contribution >= 0.6 is 11.8 Å². The van der Waals surface area contributed by atoms with Gasteiger partial charge in [-0.3, -0.25) is 14.5 Å². The lowest BCUT2D eigenvalue weighted by Gasteiger charge is -2.10. The number of amides is 2. The predicted molar refractivity (Wildman–Crippen MR) is 116 cm³/mol. The molecule has 28 heavy (non-hydrogen) atoms. The molecule has 0 spiro atoms. The molecule has 1 N–H and O–H groups in total. The number of carbonyl (C=O) groups is 2. The molecule has 6 heteroatoms. The van der Waals surface area contributed by atoms with E-state index in [9.17, 15) is 9.59 Å². The topological polar surface area (TPSA) is 61.8 Å². The van der Waals surface area contributed by atoms with Gasteiger partial charge in [0.15, 0.2) is 5.17 Å². The van der Waals surface area contributed by atoms with Crippen molar-refractivity contribution in [1.82, 2.24) is 4.90 Å². The van der Waals surface area contributed by atoms with Gasteiger partial charge in [0.1, 0.15) is 5.25 Å². The summed E-state index contributed by atoms with van der Waals surface area (Å²) in [4.78, 5) is 31.1. The highest BCUT2D eigenvalue weighted by molar-refractivity contribution is 8.15. The smallest absolute Gasteiger partial charge is 0.242 e. The van der Waals surface area contributed by atoms with E-state index in [2.05, 4.69) is 17.2 Å². The van der Waals surface area contributed by atoms with Crippen LogP contribution in [0.4, 0.5) is 11.4 Å². The van der Waals surface area contributed by atoms with Crippen molar-refractivity contribution in [2.75, 3.05) is 12.4 Å². The van der Waals surface area contributed by atoms with Crippen LogP contribution in [0.25, 0.3) is 0 Å². The summed E-state index contributed by atoms with van der Waals surface area (Å²) in [5.41, 5.74) is 5.09. The lowest BCUT2D eigenvalue weighted by Crippen LogP contribution is -2.30. The van der Waals surface area contributed by atoms with Crippen molar-refractivity contribution in [1.29, 1.82) is 0 Å². The van der Waals surface area contributed by atoms with E-state index in [1.165, 1.54) is 27.8 Å². The second-order valence-electron chi connectivity index (χ2n) is 6.97. The van der Waals surface area contributed by atoms with Gasteiger partial charge in [-0.25, -0.2) is 4.99 Å². The Morgan fingerprint density at radius 2 is 1.86 bits per heavy atom. The summed E-state index contributed by atoms with van der Waals surface area (Å²) in [6.45, 7) is 6.14. The number of nitrogens with zero attached hydrogens (tertiary/aromatic N) is 2. The number of benzene rings is 2. The first-order valence-electron chi connectivity index (χ1n) is 9.36. The average molecular weight is 396 g/mol. The molecule has 2 amide bonds. The normalized spacial score (nSPS) is 18.0. The number of aliphatic imine (C=N–C) groups is 1. The molecule has 5 nitrogen and oxygen atoms in total. The first kappa shape index (κ1) is 20.1. The molecule has 1 aliphatic heterocycles. The number of aryl methyl sites for hydroxylation is 3. The largest absolute Gasteiger partial charge is 0.326 e. The summed E-state index contributed by atoms with van der Waals surface area (Å²) in [5, 5.41) is 3.06. The van der Waals surface area contributed by atoms with Crippen LogP contribution in [-0.2, 0) is 16.0 Å². The van der Waals surface area contributed by atoms with Gasteiger partial charge in [0.05, 0.1) is 5.69 Å². The third-order valence-electron chi connectivity index (χ3n) is 4.87. The van der Waals surface area contributed by atoms with Crippen LogP contribution < -0.4 is 5.32 Å². The maximum atomic E-state index is 12.5. The van der Waals surface area contributed by atoms with Gasteiger partial charge in [-0.1, -0.05) is 36.9 Å². The zero-order chi connectivity index (χ0) is 20.3. The third-order valence-corrected chi connectivity index (χ3v) is 6.10. The summed E-state index contributed by atoms with van der Waals surface area (Å²) < 4.78 is 0. The van der Waals surface area contributed by atoms with Gasteiger partial charge in [0.2, 0.25) is 11.8 Å². The molecule has 0 aliphatic carbocycles. The summed E-state index contributed by atoms with van der Waals surface area (Å²) in [5.74, 6) is -0.264. The third kappa shape index (κ3) is 4.62. The highest BCUT2D eigenvalue weighted by Crippen LogP contribution is 2.31. The van der Waals surface area contributed by atoms with Crippen molar-refractivity contribution in [2.24, 2.45) is 4.99 Å². The quantitative estimate of drug-likeness (QED) is 0.813. The van der Waals surface area contributed by atoms with Crippen LogP contribution in [0.2, 0.25) is 0 Å². The van der Waals surface area contributed by atoms with E-state index in [4.69, 9.17) is 0 Å². The number of carbonyl (C=O) groups excluding carboxylic acids is 2. The lowest BCUT2D eigenvalue weighted by molar-refractivity contribution is -0.127. The standard InChI is InChI=1S/C22H25N3O2S/c1-5-16-7-10-17(11-8-16)24-22-25(4)21(27)19(28-22)13-20(26)23-18-9-6-14(2)15(3)12-18/h6-12,19H,5,13H2,1-4H3,(H,23,26)/t19-/m0/s1. The molecule has 3 rings (SSSR count). The second kappa shape index (κ2) is 8.61. The fourth-order valence-corrected chi connectivity index (χ4v) is 4.07. The molecular formula is C22H25N3O2S. The number of anilines is 1. The summed E-state index contributed by atoms with van der Waals surface area (Å²) in [7, 11) is 1.70. The van der Waals surface area contributed by atoms with Crippen LogP contribution in [0, 0.1) is 13.8 Å². The van der Waals surface area contributed by atoms with Gasteiger partial charge in [-0.2, -0.15) is 0 Å². The molecule has 0 unspecified atom stereocenters. The average Bonchev–Trinajstić information content (AvgIpc) is 2.93. The molecule has 0 aromatic heterocycles. The van der Waals surface area contributed by atoms with Crippen molar-refractivity contribution < 1.29 is 9.59 Å². The molecular weight excluding hydrogens is 370 g/mol. The van der Waals surface area contributed by atoms with E-state index in [0.717, 1.165) is 23.4 Å². The summed E-state index contributed by atoms with van der Waals surface area (Å²) in [6, 6.07) is 13.8. The molecule has 2 aromatic rings. The molecule has 1 aliphatic rings. The Hall–Kier alpha value is -2.60. The number of amidine groups is 1. The van der Waals surface area contributed by atoms with Gasteiger partial charge >= 0.3 is 0 Å². The van der Waals surface area contributed by atoms with E-state index in [0.29, 0.717) is 5.17 Å². The minimum absolute atomic E-state index is 0.0934. The minimum atomic E-state index is -0.454. The van der Waals surface area contributed by atoms with E-state index < -0.39 is 5.25 Å². The van der Waals surface area contributed by atoms with Crippen molar-refractivity contribution in [3.63, 3.8) is 0 Å². The summed E-state index contributed by atoms with van der Waals surface area (Å²) in [6.07, 6.45) is 1.09. The highest BCUT2D eigenvalue weighted by Gasteiger charge is 2.37. The van der Waals surface area contributed by atoms with Crippen LogP contribution in [0.15, 0.2) is 47.5 Å². The van der Waals surface area contributed by atoms with Crippen molar-refractivity contribution in [3.8, 4) is 0 Å². The molecule has 1 atom stereocenters. The van der Waals surface area contributed by atoms with E-state index >= 15 is 0 Å². The minimum Gasteiger partial charge on any atom is -0.326 e. The van der Waals surface area contributed by atoms with E-state index in [-0.39, 0.29) is 18.2 Å². The number of hydrogen-bond donors (Lipinski definition) is 1. The lowest BCUT2D eigenvalue weighted by atomic mass is 10.1. The van der Waals surface area contributed by atoms with Gasteiger partial charge in [-0.15, -0.1) is 0 Å². The Balaban J connectivity index is 1.66. The van der Waals surface area contributed by atoms with Crippen LogP contribution in [0.3, 0.4) is 0 Å². The number of thioether (sulfide) groups is 1. The molecule has 1 saturated heterocycles. The fourth-order valence-electron chi connectivity index (χ4n) is 2.91. The van der Waals surface area contributed by atoms with Crippen molar-refractivity contribution in [2.45, 2.75) is 38.9 Å². The van der Waals surface area contributed by atoms with Gasteiger partial charge in [-0.05, 0) is 61.2 Å².